The monoisotopic (exact) mass is 391 g/mol. The molecule has 0 radical (unpaired) electrons. The Kier molecular flexibility index (Phi) is 5.60. The summed E-state index contributed by atoms with van der Waals surface area (Å²) in [5, 5.41) is 11.9. The van der Waals surface area contributed by atoms with E-state index >= 15 is 0 Å². The molecule has 2 aromatic carbocycles. The van der Waals surface area contributed by atoms with Gasteiger partial charge in [0, 0.05) is 25.6 Å². The van der Waals surface area contributed by atoms with Crippen LogP contribution in [0.2, 0.25) is 0 Å². The summed E-state index contributed by atoms with van der Waals surface area (Å²) in [7, 11) is 1.80. The van der Waals surface area contributed by atoms with Crippen molar-refractivity contribution in [2.24, 2.45) is 0 Å². The summed E-state index contributed by atoms with van der Waals surface area (Å²) in [5.74, 6) is 0.0573. The fraction of sp³-hybridized carbons (Fsp3) is 0.348. The summed E-state index contributed by atoms with van der Waals surface area (Å²) in [6.45, 7) is 5.96. The molecule has 2 amide bonds. The number of hydrogen-bond donors (Lipinski definition) is 1. The van der Waals surface area contributed by atoms with Gasteiger partial charge in [-0.1, -0.05) is 30.3 Å². The number of rotatable bonds is 4. The molecule has 0 saturated carbocycles. The SMILES string of the molecule is CN1Cc2cc(-c3ccc(C[C@@H](C#N)NC(=O)OC(C)(C)C)cc3)ccc2C1=O. The predicted octanol–water partition coefficient (Wildman–Crippen LogP) is 3.90. The number of alkyl carbamates (subject to hydrolysis) is 1. The molecular weight excluding hydrogens is 366 g/mol. The number of ether oxygens (including phenoxy) is 1. The Hall–Kier alpha value is -3.33. The number of carbonyl (C=O) groups excluding carboxylic acids is 2. The van der Waals surface area contributed by atoms with E-state index in [1.807, 2.05) is 42.5 Å². The fourth-order valence-corrected chi connectivity index (χ4v) is 3.29. The molecule has 1 atom stereocenters. The van der Waals surface area contributed by atoms with Crippen LogP contribution in [0.5, 0.6) is 0 Å². The van der Waals surface area contributed by atoms with E-state index in [9.17, 15) is 14.9 Å². The molecular formula is C23H25N3O3. The average Bonchev–Trinajstić information content (AvgIpc) is 2.93. The highest BCUT2D eigenvalue weighted by molar-refractivity contribution is 5.98. The van der Waals surface area contributed by atoms with Crippen LogP contribution in [0.15, 0.2) is 42.5 Å². The molecule has 0 saturated heterocycles. The summed E-state index contributed by atoms with van der Waals surface area (Å²) in [4.78, 5) is 25.6. The van der Waals surface area contributed by atoms with Crippen molar-refractivity contribution in [2.75, 3.05) is 7.05 Å². The lowest BCUT2D eigenvalue weighted by Crippen LogP contribution is -2.39. The largest absolute Gasteiger partial charge is 0.444 e. The summed E-state index contributed by atoms with van der Waals surface area (Å²) >= 11 is 0. The van der Waals surface area contributed by atoms with Gasteiger partial charge in [0.1, 0.15) is 11.6 Å². The molecule has 29 heavy (non-hydrogen) atoms. The molecule has 0 bridgehead atoms. The third kappa shape index (κ3) is 4.94. The molecule has 1 heterocycles. The highest BCUT2D eigenvalue weighted by Gasteiger charge is 2.24. The van der Waals surface area contributed by atoms with E-state index in [1.165, 1.54) is 0 Å². The number of hydrogen-bond acceptors (Lipinski definition) is 4. The standard InChI is InChI=1S/C23H25N3O3/c1-23(2,3)29-22(28)25-19(13-24)11-15-5-7-16(8-6-15)17-9-10-20-18(12-17)14-26(4)21(20)27/h5-10,12,19H,11,14H2,1-4H3,(H,25,28)/t19-/m0/s1. The summed E-state index contributed by atoms with van der Waals surface area (Å²) in [6.07, 6.45) is -0.210. The lowest BCUT2D eigenvalue weighted by atomic mass is 9.98. The van der Waals surface area contributed by atoms with E-state index < -0.39 is 17.7 Å². The first-order chi connectivity index (χ1) is 13.7. The Labute approximate surface area is 171 Å². The first-order valence-electron chi connectivity index (χ1n) is 9.53. The normalized spacial score (nSPS) is 14.2. The van der Waals surface area contributed by atoms with Gasteiger partial charge in [0.25, 0.3) is 5.91 Å². The van der Waals surface area contributed by atoms with Crippen molar-refractivity contribution < 1.29 is 14.3 Å². The summed E-state index contributed by atoms with van der Waals surface area (Å²) in [6, 6.07) is 15.2. The number of fused-ring (bicyclic) bond motifs is 1. The fourth-order valence-electron chi connectivity index (χ4n) is 3.29. The van der Waals surface area contributed by atoms with Gasteiger partial charge < -0.3 is 15.0 Å². The predicted molar refractivity (Wildman–Crippen MR) is 110 cm³/mol. The van der Waals surface area contributed by atoms with E-state index in [-0.39, 0.29) is 5.91 Å². The molecule has 3 rings (SSSR count). The molecule has 0 aromatic heterocycles. The summed E-state index contributed by atoms with van der Waals surface area (Å²) in [5.41, 5.74) is 4.20. The number of nitrogens with zero attached hydrogens (tertiary/aromatic N) is 2. The van der Waals surface area contributed by atoms with Gasteiger partial charge in [0.15, 0.2) is 0 Å². The zero-order valence-electron chi connectivity index (χ0n) is 17.2. The molecule has 1 aliphatic heterocycles. The van der Waals surface area contributed by atoms with Crippen LogP contribution in [-0.2, 0) is 17.7 Å². The van der Waals surface area contributed by atoms with Gasteiger partial charge in [-0.3, -0.25) is 4.79 Å². The number of nitrogens with one attached hydrogen (secondary N) is 1. The van der Waals surface area contributed by atoms with Crippen LogP contribution in [0.25, 0.3) is 11.1 Å². The van der Waals surface area contributed by atoms with Gasteiger partial charge in [-0.2, -0.15) is 5.26 Å². The van der Waals surface area contributed by atoms with Gasteiger partial charge in [-0.15, -0.1) is 0 Å². The highest BCUT2D eigenvalue weighted by Crippen LogP contribution is 2.28. The molecule has 6 heteroatoms. The zero-order chi connectivity index (χ0) is 21.2. The second-order valence-corrected chi connectivity index (χ2v) is 8.26. The minimum absolute atomic E-state index is 0.0573. The average molecular weight is 391 g/mol. The third-order valence-electron chi connectivity index (χ3n) is 4.66. The topological polar surface area (TPSA) is 82.4 Å². The highest BCUT2D eigenvalue weighted by atomic mass is 16.6. The van der Waals surface area contributed by atoms with Crippen molar-refractivity contribution in [3.05, 3.63) is 59.2 Å². The molecule has 0 fully saturated rings. The number of benzene rings is 2. The number of amides is 2. The first kappa shape index (κ1) is 20.4. The molecule has 0 aliphatic carbocycles. The molecule has 0 unspecified atom stereocenters. The Morgan fingerprint density at radius 2 is 1.86 bits per heavy atom. The van der Waals surface area contributed by atoms with Crippen molar-refractivity contribution in [3.8, 4) is 17.2 Å². The quantitative estimate of drug-likeness (QED) is 0.857. The van der Waals surface area contributed by atoms with E-state index in [1.54, 1.807) is 32.7 Å². The van der Waals surface area contributed by atoms with E-state index in [4.69, 9.17) is 4.74 Å². The Morgan fingerprint density at radius 3 is 2.48 bits per heavy atom. The maximum absolute atomic E-state index is 12.0. The van der Waals surface area contributed by atoms with Gasteiger partial charge in [-0.05, 0) is 55.2 Å². The first-order valence-corrected chi connectivity index (χ1v) is 9.53. The Bertz CT molecular complexity index is 968. The third-order valence-corrected chi connectivity index (χ3v) is 4.66. The molecule has 0 spiro atoms. The van der Waals surface area contributed by atoms with Crippen molar-refractivity contribution in [3.63, 3.8) is 0 Å². The summed E-state index contributed by atoms with van der Waals surface area (Å²) < 4.78 is 5.21. The van der Waals surface area contributed by atoms with Crippen molar-refractivity contribution in [1.82, 2.24) is 10.2 Å². The minimum Gasteiger partial charge on any atom is -0.444 e. The van der Waals surface area contributed by atoms with Gasteiger partial charge in [0.05, 0.1) is 6.07 Å². The van der Waals surface area contributed by atoms with Crippen LogP contribution in [0.4, 0.5) is 4.79 Å². The zero-order valence-corrected chi connectivity index (χ0v) is 17.2. The van der Waals surface area contributed by atoms with Crippen LogP contribution in [-0.4, -0.2) is 35.6 Å². The maximum Gasteiger partial charge on any atom is 0.408 e. The molecule has 2 aromatic rings. The van der Waals surface area contributed by atoms with E-state index in [0.717, 1.165) is 27.8 Å². The minimum atomic E-state index is -0.669. The van der Waals surface area contributed by atoms with E-state index in [2.05, 4.69) is 11.4 Å². The van der Waals surface area contributed by atoms with Crippen molar-refractivity contribution >= 4 is 12.0 Å². The van der Waals surface area contributed by atoms with Crippen molar-refractivity contribution in [2.45, 2.75) is 45.4 Å². The van der Waals surface area contributed by atoms with Crippen LogP contribution < -0.4 is 5.32 Å². The van der Waals surface area contributed by atoms with Crippen LogP contribution in [0, 0.1) is 11.3 Å². The Balaban J connectivity index is 1.67. The smallest absolute Gasteiger partial charge is 0.408 e. The van der Waals surface area contributed by atoms with Crippen LogP contribution >= 0.6 is 0 Å². The Morgan fingerprint density at radius 1 is 1.21 bits per heavy atom. The number of nitriles is 1. The number of carbonyl (C=O) groups is 2. The molecule has 1 N–H and O–H groups in total. The lowest BCUT2D eigenvalue weighted by molar-refractivity contribution is 0.0515. The van der Waals surface area contributed by atoms with E-state index in [0.29, 0.717) is 13.0 Å². The van der Waals surface area contributed by atoms with Crippen molar-refractivity contribution in [1.29, 1.82) is 5.26 Å². The maximum atomic E-state index is 12.0. The lowest BCUT2D eigenvalue weighted by Gasteiger charge is -2.21. The second-order valence-electron chi connectivity index (χ2n) is 8.26. The molecule has 6 nitrogen and oxygen atoms in total. The van der Waals surface area contributed by atoms with Gasteiger partial charge >= 0.3 is 6.09 Å². The molecule has 150 valence electrons. The van der Waals surface area contributed by atoms with Crippen LogP contribution in [0.3, 0.4) is 0 Å². The van der Waals surface area contributed by atoms with Gasteiger partial charge in [-0.25, -0.2) is 4.79 Å². The van der Waals surface area contributed by atoms with Crippen LogP contribution in [0.1, 0.15) is 42.3 Å². The molecule has 1 aliphatic rings. The van der Waals surface area contributed by atoms with Gasteiger partial charge in [0.2, 0.25) is 0 Å². The second kappa shape index (κ2) is 7.96.